The standard InChI is InChI=1S/C19H20N2O6S/c1-12-5-6-14(9-13(12)2)20-11-18(22)21(19(20)23)28(24,25)15-7-8-16(26-3)17(10-15)27-4/h5-11,22H,1-4H3. The molecule has 0 aliphatic carbocycles. The van der Waals surface area contributed by atoms with E-state index in [1.54, 1.807) is 12.1 Å². The predicted octanol–water partition coefficient (Wildman–Crippen LogP) is 2.22. The number of nitrogens with zero attached hydrogens (tertiary/aromatic N) is 2. The van der Waals surface area contributed by atoms with E-state index in [0.29, 0.717) is 15.4 Å². The minimum atomic E-state index is -4.37. The summed E-state index contributed by atoms with van der Waals surface area (Å²) in [6.07, 6.45) is 1.07. The number of benzene rings is 2. The summed E-state index contributed by atoms with van der Waals surface area (Å²) in [6.45, 7) is 3.80. The fraction of sp³-hybridized carbons (Fsp3) is 0.211. The molecule has 1 heterocycles. The topological polar surface area (TPSA) is 99.8 Å². The zero-order chi connectivity index (χ0) is 20.6. The highest BCUT2D eigenvalue weighted by molar-refractivity contribution is 7.90. The van der Waals surface area contributed by atoms with Gasteiger partial charge in [-0.05, 0) is 49.2 Å². The van der Waals surface area contributed by atoms with Gasteiger partial charge in [-0.15, -0.1) is 3.97 Å². The van der Waals surface area contributed by atoms with E-state index >= 15 is 0 Å². The zero-order valence-corrected chi connectivity index (χ0v) is 16.6. The number of methoxy groups -OCH3 is 2. The molecular weight excluding hydrogens is 384 g/mol. The number of hydrogen-bond donors (Lipinski definition) is 1. The molecule has 0 unspecified atom stereocenters. The predicted molar refractivity (Wildman–Crippen MR) is 103 cm³/mol. The molecule has 0 fully saturated rings. The van der Waals surface area contributed by atoms with Crippen LogP contribution in [0.15, 0.2) is 52.3 Å². The van der Waals surface area contributed by atoms with Crippen molar-refractivity contribution in [3.05, 3.63) is 64.2 Å². The second kappa shape index (κ2) is 7.08. The van der Waals surface area contributed by atoms with E-state index in [9.17, 15) is 18.3 Å². The van der Waals surface area contributed by atoms with Gasteiger partial charge in [-0.2, -0.15) is 0 Å². The molecule has 0 aliphatic rings. The van der Waals surface area contributed by atoms with Crippen LogP contribution in [0.3, 0.4) is 0 Å². The molecule has 3 aromatic rings. The first-order valence-corrected chi connectivity index (χ1v) is 9.73. The van der Waals surface area contributed by atoms with Crippen LogP contribution in [0.5, 0.6) is 17.4 Å². The maximum atomic E-state index is 13.0. The molecule has 0 spiro atoms. The van der Waals surface area contributed by atoms with Crippen LogP contribution >= 0.6 is 0 Å². The van der Waals surface area contributed by atoms with Gasteiger partial charge in [-0.3, -0.25) is 4.57 Å². The van der Waals surface area contributed by atoms with E-state index in [1.807, 2.05) is 19.9 Å². The van der Waals surface area contributed by atoms with Gasteiger partial charge in [-0.1, -0.05) is 6.07 Å². The van der Waals surface area contributed by atoms with Gasteiger partial charge in [0.1, 0.15) is 0 Å². The highest BCUT2D eigenvalue weighted by Gasteiger charge is 2.26. The summed E-state index contributed by atoms with van der Waals surface area (Å²) in [6, 6.07) is 9.14. The number of rotatable bonds is 5. The molecule has 1 aromatic heterocycles. The lowest BCUT2D eigenvalue weighted by atomic mass is 10.1. The third-order valence-electron chi connectivity index (χ3n) is 4.49. The van der Waals surface area contributed by atoms with Crippen molar-refractivity contribution in [1.29, 1.82) is 0 Å². The van der Waals surface area contributed by atoms with E-state index in [4.69, 9.17) is 9.47 Å². The number of aromatic nitrogens is 2. The lowest BCUT2D eigenvalue weighted by Gasteiger charge is -2.10. The Morgan fingerprint density at radius 3 is 2.21 bits per heavy atom. The van der Waals surface area contributed by atoms with E-state index in [1.165, 1.54) is 32.4 Å². The molecule has 148 valence electrons. The molecule has 2 aromatic carbocycles. The van der Waals surface area contributed by atoms with Gasteiger partial charge in [0.2, 0.25) is 5.88 Å². The van der Waals surface area contributed by atoms with E-state index in [2.05, 4.69) is 0 Å². The Labute approximate surface area is 162 Å². The normalized spacial score (nSPS) is 11.4. The van der Waals surface area contributed by atoms with Crippen LogP contribution in [0.4, 0.5) is 0 Å². The Morgan fingerprint density at radius 2 is 1.61 bits per heavy atom. The van der Waals surface area contributed by atoms with Crippen molar-refractivity contribution < 1.29 is 23.0 Å². The largest absolute Gasteiger partial charge is 0.493 e. The molecule has 9 heteroatoms. The molecule has 0 saturated heterocycles. The van der Waals surface area contributed by atoms with Crippen LogP contribution in [0.25, 0.3) is 5.69 Å². The SMILES string of the molecule is COc1ccc(S(=O)(=O)n2c(O)cn(-c3ccc(C)c(C)c3)c2=O)cc1OC. The van der Waals surface area contributed by atoms with E-state index < -0.39 is 21.6 Å². The maximum Gasteiger partial charge on any atom is 0.350 e. The van der Waals surface area contributed by atoms with Crippen molar-refractivity contribution in [2.45, 2.75) is 18.7 Å². The van der Waals surface area contributed by atoms with Crippen LogP contribution < -0.4 is 15.2 Å². The van der Waals surface area contributed by atoms with E-state index in [0.717, 1.165) is 21.9 Å². The number of imidazole rings is 1. The summed E-state index contributed by atoms with van der Waals surface area (Å²) < 4.78 is 37.7. The van der Waals surface area contributed by atoms with Gasteiger partial charge in [0.25, 0.3) is 10.0 Å². The maximum absolute atomic E-state index is 13.0. The summed E-state index contributed by atoms with van der Waals surface area (Å²) >= 11 is 0. The first-order chi connectivity index (χ1) is 13.2. The summed E-state index contributed by atoms with van der Waals surface area (Å²) in [4.78, 5) is 12.6. The molecule has 1 N–H and O–H groups in total. The molecule has 28 heavy (non-hydrogen) atoms. The van der Waals surface area contributed by atoms with Gasteiger partial charge in [0.15, 0.2) is 11.5 Å². The Morgan fingerprint density at radius 1 is 0.929 bits per heavy atom. The molecular formula is C19H20N2O6S. The average Bonchev–Trinajstić information content (AvgIpc) is 2.98. The smallest absolute Gasteiger partial charge is 0.350 e. The van der Waals surface area contributed by atoms with Crippen molar-refractivity contribution in [1.82, 2.24) is 8.54 Å². The first-order valence-electron chi connectivity index (χ1n) is 8.29. The molecule has 3 rings (SSSR count). The molecule has 0 atom stereocenters. The Balaban J connectivity index is 2.17. The second-order valence-corrected chi connectivity index (χ2v) is 7.98. The molecule has 0 saturated carbocycles. The van der Waals surface area contributed by atoms with Crippen LogP contribution in [0.2, 0.25) is 0 Å². The van der Waals surface area contributed by atoms with Crippen molar-refractivity contribution in [3.63, 3.8) is 0 Å². The zero-order valence-electron chi connectivity index (χ0n) is 15.8. The van der Waals surface area contributed by atoms with Gasteiger partial charge in [0.05, 0.1) is 31.0 Å². The van der Waals surface area contributed by atoms with E-state index in [-0.39, 0.29) is 10.6 Å². The third-order valence-corrected chi connectivity index (χ3v) is 6.17. The van der Waals surface area contributed by atoms with Crippen molar-refractivity contribution in [2.24, 2.45) is 0 Å². The van der Waals surface area contributed by atoms with Gasteiger partial charge in [-0.25, -0.2) is 13.2 Å². The fourth-order valence-corrected chi connectivity index (χ4v) is 4.08. The fourth-order valence-electron chi connectivity index (χ4n) is 2.79. The molecule has 0 radical (unpaired) electrons. The lowest BCUT2D eigenvalue weighted by molar-refractivity contribution is 0.354. The summed E-state index contributed by atoms with van der Waals surface area (Å²) in [5.41, 5.74) is 1.50. The molecule has 0 bridgehead atoms. The lowest BCUT2D eigenvalue weighted by Crippen LogP contribution is -2.28. The Bertz CT molecular complexity index is 1210. The molecule has 8 nitrogen and oxygen atoms in total. The summed E-state index contributed by atoms with van der Waals surface area (Å²) in [5.74, 6) is -0.173. The van der Waals surface area contributed by atoms with Gasteiger partial charge in [0, 0.05) is 6.07 Å². The monoisotopic (exact) mass is 404 g/mol. The van der Waals surface area contributed by atoms with Crippen molar-refractivity contribution >= 4 is 10.0 Å². The van der Waals surface area contributed by atoms with Crippen LogP contribution in [-0.2, 0) is 10.0 Å². The first kappa shape index (κ1) is 19.6. The van der Waals surface area contributed by atoms with Crippen molar-refractivity contribution in [3.8, 4) is 23.1 Å². The summed E-state index contributed by atoms with van der Waals surface area (Å²) in [5, 5.41) is 10.2. The van der Waals surface area contributed by atoms with Gasteiger partial charge >= 0.3 is 5.69 Å². The Kier molecular flexibility index (Phi) is 4.95. The number of aromatic hydroxyl groups is 1. The molecule has 0 amide bonds. The highest BCUT2D eigenvalue weighted by Crippen LogP contribution is 2.31. The third kappa shape index (κ3) is 3.13. The van der Waals surface area contributed by atoms with Crippen molar-refractivity contribution in [2.75, 3.05) is 14.2 Å². The minimum absolute atomic E-state index is 0.185. The van der Waals surface area contributed by atoms with Crippen LogP contribution in [0, 0.1) is 13.8 Å². The Hall–Kier alpha value is -3.20. The van der Waals surface area contributed by atoms with Crippen LogP contribution in [-0.4, -0.2) is 36.3 Å². The number of aryl methyl sites for hydroxylation is 2. The number of ether oxygens (including phenoxy) is 2. The summed E-state index contributed by atoms with van der Waals surface area (Å²) in [7, 11) is -1.57. The number of hydrogen-bond acceptors (Lipinski definition) is 6. The quantitative estimate of drug-likeness (QED) is 0.700. The van der Waals surface area contributed by atoms with Crippen LogP contribution in [0.1, 0.15) is 11.1 Å². The molecule has 0 aliphatic heterocycles. The highest BCUT2D eigenvalue weighted by atomic mass is 32.2. The minimum Gasteiger partial charge on any atom is -0.493 e. The van der Waals surface area contributed by atoms with Gasteiger partial charge < -0.3 is 14.6 Å². The second-order valence-electron chi connectivity index (χ2n) is 6.19. The average molecular weight is 404 g/mol.